The third-order valence-electron chi connectivity index (χ3n) is 4.23. The van der Waals surface area contributed by atoms with Gasteiger partial charge in [0.25, 0.3) is 0 Å². The van der Waals surface area contributed by atoms with E-state index in [1.54, 1.807) is 0 Å². The van der Waals surface area contributed by atoms with E-state index in [0.29, 0.717) is 0 Å². The molecule has 0 N–H and O–H groups in total. The Kier molecular flexibility index (Phi) is 5.59. The lowest BCUT2D eigenvalue weighted by molar-refractivity contribution is 0.275. The van der Waals surface area contributed by atoms with Crippen LogP contribution in [-0.2, 0) is 8.85 Å². The summed E-state index contributed by atoms with van der Waals surface area (Å²) in [4.78, 5) is 0. The zero-order valence-electron chi connectivity index (χ0n) is 11.1. The molecule has 0 aliphatic heterocycles. The number of hydrogen-bond acceptors (Lipinski definition) is 2. The Balaban J connectivity index is 1.73. The molecule has 0 radical (unpaired) electrons. The first-order valence-corrected chi connectivity index (χ1v) is 8.86. The van der Waals surface area contributed by atoms with E-state index in [2.05, 4.69) is 6.08 Å². The maximum Gasteiger partial charge on any atom is 0.384 e. The molecule has 1 atom stereocenters. The van der Waals surface area contributed by atoms with E-state index >= 15 is 0 Å². The molecule has 2 nitrogen and oxygen atoms in total. The molecule has 0 spiro atoms. The fraction of sp³-hybridized carbons (Fsp3) is 0.857. The van der Waals surface area contributed by atoms with Gasteiger partial charge in [-0.15, -0.1) is 0 Å². The van der Waals surface area contributed by atoms with Gasteiger partial charge >= 0.3 is 9.28 Å². The fourth-order valence-corrected chi connectivity index (χ4v) is 5.13. The molecule has 2 aliphatic carbocycles. The summed E-state index contributed by atoms with van der Waals surface area (Å²) in [5.74, 6) is 0.771. The summed E-state index contributed by atoms with van der Waals surface area (Å²) < 4.78 is 11.5. The molecule has 0 saturated heterocycles. The van der Waals surface area contributed by atoms with Crippen molar-refractivity contribution in [3.63, 3.8) is 0 Å². The molecule has 0 heterocycles. The molecule has 2 fully saturated rings. The fourth-order valence-electron chi connectivity index (χ4n) is 3.15. The molecule has 0 aromatic rings. The molecule has 3 heteroatoms. The van der Waals surface area contributed by atoms with Crippen molar-refractivity contribution >= 4 is 9.28 Å². The highest BCUT2D eigenvalue weighted by atomic mass is 28.3. The van der Waals surface area contributed by atoms with E-state index < -0.39 is 9.28 Å². The highest BCUT2D eigenvalue weighted by Gasteiger charge is 2.27. The van der Waals surface area contributed by atoms with E-state index in [-0.39, 0.29) is 0 Å². The monoisotopic (exact) mass is 254 g/mol. The predicted octanol–water partition coefficient (Wildman–Crippen LogP) is 3.91. The van der Waals surface area contributed by atoms with Crippen LogP contribution < -0.4 is 0 Å². The molecular weight excluding hydrogens is 228 g/mol. The summed E-state index contributed by atoms with van der Waals surface area (Å²) in [6.45, 7) is 0. The minimum absolute atomic E-state index is 0.738. The van der Waals surface area contributed by atoms with Crippen LogP contribution >= 0.6 is 0 Å². The minimum Gasteiger partial charge on any atom is -0.529 e. The summed E-state index contributed by atoms with van der Waals surface area (Å²) in [6, 6.07) is 0. The molecule has 98 valence electrons. The molecule has 2 aliphatic rings. The molecule has 2 rings (SSSR count). The van der Waals surface area contributed by atoms with Crippen LogP contribution in [-0.4, -0.2) is 16.4 Å². The van der Waals surface area contributed by atoms with Crippen LogP contribution in [0.3, 0.4) is 0 Å². The summed E-state index contributed by atoms with van der Waals surface area (Å²) in [5, 5.41) is 0. The van der Waals surface area contributed by atoms with Crippen molar-refractivity contribution in [2.24, 2.45) is 5.92 Å². The van der Waals surface area contributed by atoms with Gasteiger partial charge in [-0.05, 0) is 37.7 Å². The van der Waals surface area contributed by atoms with Crippen molar-refractivity contribution in [2.75, 3.05) is 7.11 Å². The van der Waals surface area contributed by atoms with E-state index in [1.165, 1.54) is 57.8 Å². The van der Waals surface area contributed by atoms with Crippen LogP contribution in [0.5, 0.6) is 0 Å². The Morgan fingerprint density at radius 2 is 1.59 bits per heavy atom. The number of hydrogen-bond donors (Lipinski definition) is 0. The normalized spacial score (nSPS) is 25.5. The van der Waals surface area contributed by atoms with Crippen LogP contribution in [0, 0.1) is 5.92 Å². The standard InChI is InChI=1S/C14H26O2Si/c1-15-17(14-9-3-2-4-10-14)16-12-11-13-7-5-6-8-13/h11-14,17H,2-10H2,1H3. The van der Waals surface area contributed by atoms with Crippen LogP contribution in [0.25, 0.3) is 0 Å². The second-order valence-corrected chi connectivity index (χ2v) is 7.93. The largest absolute Gasteiger partial charge is 0.529 e. The number of allylic oxidation sites excluding steroid dienone is 1. The van der Waals surface area contributed by atoms with Crippen molar-refractivity contribution in [3.05, 3.63) is 12.3 Å². The zero-order valence-corrected chi connectivity index (χ0v) is 12.2. The van der Waals surface area contributed by atoms with Crippen LogP contribution in [0.4, 0.5) is 0 Å². The van der Waals surface area contributed by atoms with Gasteiger partial charge in [-0.25, -0.2) is 0 Å². The Morgan fingerprint density at radius 1 is 0.941 bits per heavy atom. The topological polar surface area (TPSA) is 18.5 Å². The number of rotatable bonds is 5. The lowest BCUT2D eigenvalue weighted by Crippen LogP contribution is -2.27. The molecule has 0 aromatic heterocycles. The maximum absolute atomic E-state index is 5.93. The van der Waals surface area contributed by atoms with Gasteiger partial charge in [-0.1, -0.05) is 32.1 Å². The van der Waals surface area contributed by atoms with E-state index in [1.807, 2.05) is 13.4 Å². The smallest absolute Gasteiger partial charge is 0.384 e. The molecule has 2 saturated carbocycles. The molecule has 1 unspecified atom stereocenters. The predicted molar refractivity (Wildman–Crippen MR) is 73.2 cm³/mol. The summed E-state index contributed by atoms with van der Waals surface area (Å²) in [6.07, 6.45) is 16.5. The van der Waals surface area contributed by atoms with Gasteiger partial charge in [-0.3, -0.25) is 0 Å². The molecule has 17 heavy (non-hydrogen) atoms. The molecule has 0 aromatic carbocycles. The van der Waals surface area contributed by atoms with Crippen molar-refractivity contribution in [1.29, 1.82) is 0 Å². The third-order valence-corrected chi connectivity index (χ3v) is 6.56. The first-order chi connectivity index (χ1) is 8.40. The SMILES string of the molecule is CO[SiH](OC=CC1CCCC1)C1CCCCC1. The third kappa shape index (κ3) is 4.14. The first kappa shape index (κ1) is 13.2. The first-order valence-electron chi connectivity index (χ1n) is 7.25. The second kappa shape index (κ2) is 7.22. The minimum atomic E-state index is -1.44. The van der Waals surface area contributed by atoms with Crippen molar-refractivity contribution in [3.8, 4) is 0 Å². The van der Waals surface area contributed by atoms with Crippen molar-refractivity contribution in [2.45, 2.75) is 63.3 Å². The van der Waals surface area contributed by atoms with Gasteiger partial charge in [0.1, 0.15) is 0 Å². The highest BCUT2D eigenvalue weighted by molar-refractivity contribution is 6.46. The Labute approximate surface area is 107 Å². The zero-order chi connectivity index (χ0) is 11.9. The average Bonchev–Trinajstić information content (AvgIpc) is 2.89. The summed E-state index contributed by atoms with van der Waals surface area (Å²) in [5.41, 5.74) is 0.738. The van der Waals surface area contributed by atoms with Crippen molar-refractivity contribution in [1.82, 2.24) is 0 Å². The average molecular weight is 254 g/mol. The highest BCUT2D eigenvalue weighted by Crippen LogP contribution is 2.32. The Hall–Kier alpha value is -0.283. The van der Waals surface area contributed by atoms with E-state index in [4.69, 9.17) is 8.85 Å². The van der Waals surface area contributed by atoms with Gasteiger partial charge in [0, 0.05) is 12.7 Å². The molecule has 0 bridgehead atoms. The quantitative estimate of drug-likeness (QED) is 0.547. The van der Waals surface area contributed by atoms with Gasteiger partial charge in [0.2, 0.25) is 0 Å². The Morgan fingerprint density at radius 3 is 2.24 bits per heavy atom. The van der Waals surface area contributed by atoms with Crippen LogP contribution in [0.2, 0.25) is 5.54 Å². The summed E-state index contributed by atoms with van der Waals surface area (Å²) >= 11 is 0. The second-order valence-electron chi connectivity index (χ2n) is 5.51. The molecular formula is C14H26O2Si. The van der Waals surface area contributed by atoms with Gasteiger partial charge in [0.05, 0.1) is 6.26 Å². The van der Waals surface area contributed by atoms with E-state index in [9.17, 15) is 0 Å². The lowest BCUT2D eigenvalue weighted by atomic mass is 10.0. The van der Waals surface area contributed by atoms with Gasteiger partial charge < -0.3 is 8.85 Å². The Bertz CT molecular complexity index is 230. The van der Waals surface area contributed by atoms with Gasteiger partial charge in [0.15, 0.2) is 0 Å². The maximum atomic E-state index is 5.93. The summed E-state index contributed by atoms with van der Waals surface area (Å²) in [7, 11) is 0.387. The molecule has 0 amide bonds. The van der Waals surface area contributed by atoms with Crippen LogP contribution in [0.1, 0.15) is 57.8 Å². The van der Waals surface area contributed by atoms with Crippen molar-refractivity contribution < 1.29 is 8.85 Å². The van der Waals surface area contributed by atoms with E-state index in [0.717, 1.165) is 11.5 Å². The lowest BCUT2D eigenvalue weighted by Gasteiger charge is -2.26. The van der Waals surface area contributed by atoms with Crippen LogP contribution in [0.15, 0.2) is 12.3 Å². The van der Waals surface area contributed by atoms with Gasteiger partial charge in [-0.2, -0.15) is 0 Å².